The molecule has 0 radical (unpaired) electrons. The predicted octanol–water partition coefficient (Wildman–Crippen LogP) is 5.65. The van der Waals surface area contributed by atoms with E-state index >= 15 is 0 Å². The molecule has 1 N–H and O–H groups in total. The Bertz CT molecular complexity index is 1100. The molecule has 5 rings (SSSR count). The van der Waals surface area contributed by atoms with Crippen molar-refractivity contribution in [3.05, 3.63) is 83.8 Å². The van der Waals surface area contributed by atoms with Crippen LogP contribution in [0.2, 0.25) is 5.02 Å². The molecule has 6 nitrogen and oxygen atoms in total. The van der Waals surface area contributed by atoms with Crippen LogP contribution in [0.25, 0.3) is 10.9 Å². The molecule has 4 aromatic rings. The fraction of sp³-hybridized carbons (Fsp3) is 0.346. The molecule has 1 saturated heterocycles. The summed E-state index contributed by atoms with van der Waals surface area (Å²) in [5.41, 5.74) is 2.02. The minimum absolute atomic E-state index is 0.512. The van der Waals surface area contributed by atoms with Gasteiger partial charge in [0.05, 0.1) is 31.1 Å². The summed E-state index contributed by atoms with van der Waals surface area (Å²) < 4.78 is 11.2. The van der Waals surface area contributed by atoms with Gasteiger partial charge < -0.3 is 19.1 Å². The third-order valence-corrected chi connectivity index (χ3v) is 6.63. The third kappa shape index (κ3) is 5.58. The molecule has 1 aliphatic heterocycles. The van der Waals surface area contributed by atoms with Gasteiger partial charge in [0.15, 0.2) is 0 Å². The highest BCUT2D eigenvalue weighted by molar-refractivity contribution is 6.31. The van der Waals surface area contributed by atoms with E-state index in [0.29, 0.717) is 11.1 Å². The molecule has 1 fully saturated rings. The zero-order valence-electron chi connectivity index (χ0n) is 18.6. The van der Waals surface area contributed by atoms with Gasteiger partial charge in [0.1, 0.15) is 11.5 Å². The number of benzene rings is 1. The van der Waals surface area contributed by atoms with Gasteiger partial charge in [-0.1, -0.05) is 11.6 Å². The number of pyridine rings is 1. The summed E-state index contributed by atoms with van der Waals surface area (Å²) in [7, 11) is 0. The first-order valence-corrected chi connectivity index (χ1v) is 11.9. The summed E-state index contributed by atoms with van der Waals surface area (Å²) in [6.45, 7) is 5.70. The standard InChI is InChI=1S/C26H29ClN4O2/c27-20-5-6-24-25(7-10-28-26(24)17-20)29-11-14-30-12-8-21(9-13-30)31(18-22-3-1-15-32-22)19-23-4-2-16-33-23/h1-7,10,15-17,21H,8-9,11-14,18-19H2,(H,28,29). The van der Waals surface area contributed by atoms with E-state index in [-0.39, 0.29) is 0 Å². The molecule has 0 bridgehead atoms. The van der Waals surface area contributed by atoms with E-state index in [4.69, 9.17) is 20.4 Å². The van der Waals surface area contributed by atoms with Crippen LogP contribution in [0.3, 0.4) is 0 Å². The van der Waals surface area contributed by atoms with Crippen LogP contribution in [0.5, 0.6) is 0 Å². The monoisotopic (exact) mass is 464 g/mol. The molecule has 0 aliphatic carbocycles. The van der Waals surface area contributed by atoms with Gasteiger partial charge in [0.25, 0.3) is 0 Å². The quantitative estimate of drug-likeness (QED) is 0.345. The Balaban J connectivity index is 1.14. The Morgan fingerprint density at radius 1 is 1.00 bits per heavy atom. The topological polar surface area (TPSA) is 57.7 Å². The van der Waals surface area contributed by atoms with Crippen molar-refractivity contribution in [2.24, 2.45) is 0 Å². The van der Waals surface area contributed by atoms with E-state index in [1.165, 1.54) is 0 Å². The summed E-state index contributed by atoms with van der Waals surface area (Å²) in [4.78, 5) is 9.46. The highest BCUT2D eigenvalue weighted by Crippen LogP contribution is 2.25. The van der Waals surface area contributed by atoms with Crippen molar-refractivity contribution in [1.29, 1.82) is 0 Å². The molecule has 0 atom stereocenters. The second-order valence-electron chi connectivity index (χ2n) is 8.58. The zero-order chi connectivity index (χ0) is 22.5. The van der Waals surface area contributed by atoms with Crippen LogP contribution in [0.1, 0.15) is 24.4 Å². The van der Waals surface area contributed by atoms with Gasteiger partial charge in [-0.05, 0) is 74.5 Å². The lowest BCUT2D eigenvalue weighted by Crippen LogP contribution is -2.45. The Morgan fingerprint density at radius 3 is 2.39 bits per heavy atom. The lowest BCUT2D eigenvalue weighted by molar-refractivity contribution is 0.0868. The average molecular weight is 465 g/mol. The number of hydrogen-bond acceptors (Lipinski definition) is 6. The molecular weight excluding hydrogens is 436 g/mol. The van der Waals surface area contributed by atoms with E-state index in [9.17, 15) is 0 Å². The number of hydrogen-bond donors (Lipinski definition) is 1. The predicted molar refractivity (Wildman–Crippen MR) is 131 cm³/mol. The smallest absolute Gasteiger partial charge is 0.117 e. The number of anilines is 1. The first-order valence-electron chi connectivity index (χ1n) is 11.5. The number of furan rings is 2. The van der Waals surface area contributed by atoms with E-state index in [0.717, 1.165) is 80.2 Å². The summed E-state index contributed by atoms with van der Waals surface area (Å²) in [6, 6.07) is 16.4. The lowest BCUT2D eigenvalue weighted by atomic mass is 10.0. The fourth-order valence-electron chi connectivity index (χ4n) is 4.65. The fourth-order valence-corrected chi connectivity index (χ4v) is 4.82. The minimum Gasteiger partial charge on any atom is -0.468 e. The third-order valence-electron chi connectivity index (χ3n) is 6.40. The van der Waals surface area contributed by atoms with Crippen molar-refractivity contribution in [2.75, 3.05) is 31.5 Å². The summed E-state index contributed by atoms with van der Waals surface area (Å²) in [5, 5.41) is 5.40. The number of rotatable bonds is 9. The molecular formula is C26H29ClN4O2. The van der Waals surface area contributed by atoms with Crippen LogP contribution >= 0.6 is 11.6 Å². The summed E-state index contributed by atoms with van der Waals surface area (Å²) in [5.74, 6) is 2.00. The van der Waals surface area contributed by atoms with E-state index in [1.807, 2.05) is 54.7 Å². The summed E-state index contributed by atoms with van der Waals surface area (Å²) in [6.07, 6.45) is 7.60. The highest BCUT2D eigenvalue weighted by atomic mass is 35.5. The van der Waals surface area contributed by atoms with Gasteiger partial charge in [0, 0.05) is 41.4 Å². The number of fused-ring (bicyclic) bond motifs is 1. The van der Waals surface area contributed by atoms with Crippen molar-refractivity contribution >= 4 is 28.2 Å². The van der Waals surface area contributed by atoms with Crippen LogP contribution in [-0.4, -0.2) is 47.0 Å². The highest BCUT2D eigenvalue weighted by Gasteiger charge is 2.26. The number of halogens is 1. The molecule has 0 amide bonds. The van der Waals surface area contributed by atoms with Crippen LogP contribution in [0.4, 0.5) is 5.69 Å². The van der Waals surface area contributed by atoms with Gasteiger partial charge in [-0.25, -0.2) is 0 Å². The van der Waals surface area contributed by atoms with Crippen molar-refractivity contribution in [1.82, 2.24) is 14.8 Å². The Hall–Kier alpha value is -2.80. The van der Waals surface area contributed by atoms with Gasteiger partial charge in [-0.3, -0.25) is 9.88 Å². The maximum atomic E-state index is 6.11. The lowest BCUT2D eigenvalue weighted by Gasteiger charge is -2.38. The van der Waals surface area contributed by atoms with Crippen molar-refractivity contribution in [2.45, 2.75) is 32.0 Å². The van der Waals surface area contributed by atoms with Crippen molar-refractivity contribution in [3.8, 4) is 0 Å². The van der Waals surface area contributed by atoms with Gasteiger partial charge in [0.2, 0.25) is 0 Å². The van der Waals surface area contributed by atoms with Crippen LogP contribution < -0.4 is 5.32 Å². The Labute approximate surface area is 199 Å². The van der Waals surface area contributed by atoms with E-state index in [1.54, 1.807) is 12.5 Å². The zero-order valence-corrected chi connectivity index (χ0v) is 19.4. The normalized spacial score (nSPS) is 15.5. The molecule has 7 heteroatoms. The van der Waals surface area contributed by atoms with E-state index < -0.39 is 0 Å². The molecule has 172 valence electrons. The SMILES string of the molecule is Clc1ccc2c(NCCN3CCC(N(Cc4ccco4)Cc4ccco4)CC3)ccnc2c1. The van der Waals surface area contributed by atoms with Gasteiger partial charge in [-0.2, -0.15) is 0 Å². The average Bonchev–Trinajstić information content (AvgIpc) is 3.54. The molecule has 0 saturated carbocycles. The maximum absolute atomic E-state index is 6.11. The Kier molecular flexibility index (Phi) is 6.95. The second-order valence-corrected chi connectivity index (χ2v) is 9.02. The number of nitrogens with zero attached hydrogens (tertiary/aromatic N) is 3. The van der Waals surface area contributed by atoms with Gasteiger partial charge >= 0.3 is 0 Å². The minimum atomic E-state index is 0.512. The Morgan fingerprint density at radius 2 is 1.73 bits per heavy atom. The first-order chi connectivity index (χ1) is 16.2. The first kappa shape index (κ1) is 22.0. The number of likely N-dealkylation sites (tertiary alicyclic amines) is 1. The molecule has 1 aromatic carbocycles. The molecule has 33 heavy (non-hydrogen) atoms. The molecule has 3 aromatic heterocycles. The molecule has 1 aliphatic rings. The number of aromatic nitrogens is 1. The molecule has 0 spiro atoms. The van der Waals surface area contributed by atoms with E-state index in [2.05, 4.69) is 20.1 Å². The van der Waals surface area contributed by atoms with Gasteiger partial charge in [-0.15, -0.1) is 0 Å². The maximum Gasteiger partial charge on any atom is 0.117 e. The number of piperidine rings is 1. The molecule has 0 unspecified atom stereocenters. The largest absolute Gasteiger partial charge is 0.468 e. The van der Waals surface area contributed by atoms with Crippen molar-refractivity contribution < 1.29 is 8.83 Å². The second kappa shape index (κ2) is 10.4. The van der Waals surface area contributed by atoms with Crippen LogP contribution in [0.15, 0.2) is 76.1 Å². The molecule has 4 heterocycles. The van der Waals surface area contributed by atoms with Crippen LogP contribution in [-0.2, 0) is 13.1 Å². The van der Waals surface area contributed by atoms with Crippen LogP contribution in [0, 0.1) is 0 Å². The van der Waals surface area contributed by atoms with Crippen molar-refractivity contribution in [3.63, 3.8) is 0 Å². The number of nitrogens with one attached hydrogen (secondary N) is 1. The summed E-state index contributed by atoms with van der Waals surface area (Å²) >= 11 is 6.11.